The first-order valence-electron chi connectivity index (χ1n) is 6.45. The summed E-state index contributed by atoms with van der Waals surface area (Å²) in [6, 6.07) is 5.69. The first-order chi connectivity index (χ1) is 8.63. The van der Waals surface area contributed by atoms with Crippen molar-refractivity contribution in [2.75, 3.05) is 32.5 Å². The van der Waals surface area contributed by atoms with Gasteiger partial charge in [0.1, 0.15) is 0 Å². The van der Waals surface area contributed by atoms with E-state index in [1.807, 2.05) is 12.1 Å². The quantitative estimate of drug-likeness (QED) is 0.610. The van der Waals surface area contributed by atoms with Crippen LogP contribution in [0.5, 0.6) is 0 Å². The standard InChI is InChI=1S/C14H21ClN2O/c1-17(4-5-18-10-11-2-3-11)9-12-6-13(15)8-14(16)7-12/h6-8,11H,2-5,9-10,16H2,1H3. The van der Waals surface area contributed by atoms with Crippen molar-refractivity contribution in [1.82, 2.24) is 4.90 Å². The molecule has 2 rings (SSSR count). The third kappa shape index (κ3) is 4.84. The molecule has 1 aromatic carbocycles. The van der Waals surface area contributed by atoms with E-state index in [0.29, 0.717) is 5.02 Å². The summed E-state index contributed by atoms with van der Waals surface area (Å²) >= 11 is 5.98. The van der Waals surface area contributed by atoms with Crippen molar-refractivity contribution in [1.29, 1.82) is 0 Å². The molecule has 1 aliphatic carbocycles. The van der Waals surface area contributed by atoms with E-state index in [1.165, 1.54) is 12.8 Å². The van der Waals surface area contributed by atoms with Crippen molar-refractivity contribution in [3.05, 3.63) is 28.8 Å². The molecule has 0 saturated heterocycles. The molecule has 0 radical (unpaired) electrons. The molecule has 1 saturated carbocycles. The van der Waals surface area contributed by atoms with Gasteiger partial charge in [-0.15, -0.1) is 0 Å². The number of nitrogens with zero attached hydrogens (tertiary/aromatic N) is 1. The largest absolute Gasteiger partial charge is 0.399 e. The molecule has 3 nitrogen and oxygen atoms in total. The first kappa shape index (κ1) is 13.7. The summed E-state index contributed by atoms with van der Waals surface area (Å²) in [6.45, 7) is 3.50. The summed E-state index contributed by atoms with van der Waals surface area (Å²) in [5, 5.41) is 0.698. The van der Waals surface area contributed by atoms with Crippen LogP contribution in [0.3, 0.4) is 0 Å². The summed E-state index contributed by atoms with van der Waals surface area (Å²) < 4.78 is 5.62. The SMILES string of the molecule is CN(CCOCC1CC1)Cc1cc(N)cc(Cl)c1. The Kier molecular flexibility index (Phi) is 4.87. The van der Waals surface area contributed by atoms with E-state index in [1.54, 1.807) is 6.07 Å². The number of ether oxygens (including phenoxy) is 1. The minimum Gasteiger partial charge on any atom is -0.399 e. The molecule has 0 atom stereocenters. The molecule has 0 aromatic heterocycles. The number of halogens is 1. The van der Waals surface area contributed by atoms with Gasteiger partial charge in [0.05, 0.1) is 6.61 Å². The number of benzene rings is 1. The topological polar surface area (TPSA) is 38.5 Å². The van der Waals surface area contributed by atoms with E-state index in [2.05, 4.69) is 11.9 Å². The zero-order valence-corrected chi connectivity index (χ0v) is 11.6. The predicted molar refractivity (Wildman–Crippen MR) is 75.7 cm³/mol. The molecule has 2 N–H and O–H groups in total. The maximum absolute atomic E-state index is 5.98. The lowest BCUT2D eigenvalue weighted by molar-refractivity contribution is 0.102. The van der Waals surface area contributed by atoms with Gasteiger partial charge in [-0.25, -0.2) is 0 Å². The molecule has 0 heterocycles. The third-order valence-corrected chi connectivity index (χ3v) is 3.32. The van der Waals surface area contributed by atoms with Crippen molar-refractivity contribution in [2.45, 2.75) is 19.4 Å². The van der Waals surface area contributed by atoms with E-state index < -0.39 is 0 Å². The van der Waals surface area contributed by atoms with Crippen LogP contribution in [-0.4, -0.2) is 31.7 Å². The molecule has 0 unspecified atom stereocenters. The van der Waals surface area contributed by atoms with Crippen LogP contribution in [-0.2, 0) is 11.3 Å². The van der Waals surface area contributed by atoms with Crippen LogP contribution < -0.4 is 5.73 Å². The molecule has 18 heavy (non-hydrogen) atoms. The number of rotatable bonds is 7. The van der Waals surface area contributed by atoms with E-state index in [0.717, 1.165) is 43.5 Å². The smallest absolute Gasteiger partial charge is 0.0593 e. The Labute approximate surface area is 114 Å². The summed E-state index contributed by atoms with van der Waals surface area (Å²) in [7, 11) is 2.08. The highest BCUT2D eigenvalue weighted by atomic mass is 35.5. The van der Waals surface area contributed by atoms with E-state index in [-0.39, 0.29) is 0 Å². The van der Waals surface area contributed by atoms with E-state index in [9.17, 15) is 0 Å². The predicted octanol–water partition coefficient (Wildman–Crippen LogP) is 2.78. The highest BCUT2D eigenvalue weighted by molar-refractivity contribution is 6.30. The number of anilines is 1. The summed E-state index contributed by atoms with van der Waals surface area (Å²) in [4.78, 5) is 2.22. The Bertz CT molecular complexity index is 373. The third-order valence-electron chi connectivity index (χ3n) is 3.10. The van der Waals surface area contributed by atoms with Crippen molar-refractivity contribution in [3.63, 3.8) is 0 Å². The fourth-order valence-electron chi connectivity index (χ4n) is 1.91. The van der Waals surface area contributed by atoms with Gasteiger partial charge in [-0.05, 0) is 49.6 Å². The number of hydrogen-bond donors (Lipinski definition) is 1. The van der Waals surface area contributed by atoms with Crippen LogP contribution in [0.2, 0.25) is 5.02 Å². The lowest BCUT2D eigenvalue weighted by Gasteiger charge is -2.17. The van der Waals surface area contributed by atoms with Gasteiger partial charge < -0.3 is 10.5 Å². The molecule has 4 heteroatoms. The van der Waals surface area contributed by atoms with Gasteiger partial charge in [0.25, 0.3) is 0 Å². The second-order valence-electron chi connectivity index (χ2n) is 5.15. The molecule has 1 aromatic rings. The molecule has 0 spiro atoms. The minimum absolute atomic E-state index is 0.698. The molecular formula is C14H21ClN2O. The Hall–Kier alpha value is -0.770. The number of likely N-dealkylation sites (N-methyl/N-ethyl adjacent to an activating group) is 1. The monoisotopic (exact) mass is 268 g/mol. The van der Waals surface area contributed by atoms with E-state index in [4.69, 9.17) is 22.1 Å². The van der Waals surface area contributed by atoms with Gasteiger partial charge in [0, 0.05) is 30.4 Å². The number of nitrogen functional groups attached to an aromatic ring is 1. The zero-order valence-electron chi connectivity index (χ0n) is 10.9. The van der Waals surface area contributed by atoms with Gasteiger partial charge in [-0.3, -0.25) is 4.90 Å². The van der Waals surface area contributed by atoms with Crippen LogP contribution >= 0.6 is 11.6 Å². The Morgan fingerprint density at radius 2 is 2.17 bits per heavy atom. The maximum atomic E-state index is 5.98. The van der Waals surface area contributed by atoms with Gasteiger partial charge in [-0.1, -0.05) is 11.6 Å². The highest BCUT2D eigenvalue weighted by Gasteiger charge is 2.20. The minimum atomic E-state index is 0.698. The normalized spacial score (nSPS) is 15.3. The number of nitrogens with two attached hydrogens (primary N) is 1. The second kappa shape index (κ2) is 6.41. The van der Waals surface area contributed by atoms with Crippen molar-refractivity contribution in [3.8, 4) is 0 Å². The Morgan fingerprint density at radius 1 is 1.39 bits per heavy atom. The van der Waals surface area contributed by atoms with Crippen LogP contribution in [0.15, 0.2) is 18.2 Å². The van der Waals surface area contributed by atoms with Crippen LogP contribution in [0.1, 0.15) is 18.4 Å². The Balaban J connectivity index is 1.69. The van der Waals surface area contributed by atoms with Crippen LogP contribution in [0, 0.1) is 5.92 Å². The average Bonchev–Trinajstić information content (AvgIpc) is 3.06. The summed E-state index contributed by atoms with van der Waals surface area (Å²) in [6.07, 6.45) is 2.69. The summed E-state index contributed by atoms with van der Waals surface area (Å²) in [5.74, 6) is 0.836. The molecule has 100 valence electrons. The van der Waals surface area contributed by atoms with Crippen molar-refractivity contribution in [2.24, 2.45) is 5.92 Å². The van der Waals surface area contributed by atoms with Crippen LogP contribution in [0.4, 0.5) is 5.69 Å². The lowest BCUT2D eigenvalue weighted by Crippen LogP contribution is -2.23. The van der Waals surface area contributed by atoms with Gasteiger partial charge in [0.15, 0.2) is 0 Å². The molecule has 1 aliphatic rings. The second-order valence-corrected chi connectivity index (χ2v) is 5.59. The maximum Gasteiger partial charge on any atom is 0.0593 e. The summed E-state index contributed by atoms with van der Waals surface area (Å²) in [5.41, 5.74) is 7.63. The first-order valence-corrected chi connectivity index (χ1v) is 6.82. The van der Waals surface area contributed by atoms with Gasteiger partial charge >= 0.3 is 0 Å². The molecule has 0 aliphatic heterocycles. The molecular weight excluding hydrogens is 248 g/mol. The fraction of sp³-hybridized carbons (Fsp3) is 0.571. The van der Waals surface area contributed by atoms with E-state index >= 15 is 0 Å². The molecule has 1 fully saturated rings. The molecule has 0 amide bonds. The van der Waals surface area contributed by atoms with Gasteiger partial charge in [0.2, 0.25) is 0 Å². The van der Waals surface area contributed by atoms with Crippen molar-refractivity contribution >= 4 is 17.3 Å². The number of hydrogen-bond acceptors (Lipinski definition) is 3. The van der Waals surface area contributed by atoms with Gasteiger partial charge in [-0.2, -0.15) is 0 Å². The molecule has 0 bridgehead atoms. The fourth-order valence-corrected chi connectivity index (χ4v) is 2.18. The van der Waals surface area contributed by atoms with Crippen molar-refractivity contribution < 1.29 is 4.74 Å². The zero-order chi connectivity index (χ0) is 13.0. The average molecular weight is 269 g/mol. The lowest BCUT2D eigenvalue weighted by atomic mass is 10.2. The Morgan fingerprint density at radius 3 is 2.83 bits per heavy atom. The highest BCUT2D eigenvalue weighted by Crippen LogP contribution is 2.28. The van der Waals surface area contributed by atoms with Crippen LogP contribution in [0.25, 0.3) is 0 Å².